The van der Waals surface area contributed by atoms with Crippen molar-refractivity contribution in [3.05, 3.63) is 59.7 Å². The van der Waals surface area contributed by atoms with Gasteiger partial charge in [0.1, 0.15) is 0 Å². The normalized spacial score (nSPS) is 9.88. The van der Waals surface area contributed by atoms with Crippen LogP contribution in [0.5, 0.6) is 0 Å². The molecule has 0 atom stereocenters. The average Bonchev–Trinajstić information content (AvgIpc) is 2.59. The molecule has 0 unspecified atom stereocenters. The van der Waals surface area contributed by atoms with E-state index < -0.39 is 6.09 Å². The van der Waals surface area contributed by atoms with Crippen LogP contribution in [-0.4, -0.2) is 18.8 Å². The van der Waals surface area contributed by atoms with Crippen LogP contribution in [0.1, 0.15) is 30.9 Å². The Balaban J connectivity index is 1.89. The monoisotopic (exact) mass is 324 g/mol. The molecule has 0 spiro atoms. The maximum absolute atomic E-state index is 11.6. The molecule has 2 aromatic carbocycles. The number of hydrogen-bond donors (Lipinski definition) is 1. The summed E-state index contributed by atoms with van der Waals surface area (Å²) >= 11 is 0. The van der Waals surface area contributed by atoms with Crippen LogP contribution < -0.4 is 5.32 Å². The van der Waals surface area contributed by atoms with Crippen molar-refractivity contribution in [3.63, 3.8) is 0 Å². The summed E-state index contributed by atoms with van der Waals surface area (Å²) in [6.45, 7) is 2.48. The zero-order valence-corrected chi connectivity index (χ0v) is 13.6. The fraction of sp³-hybridized carbons (Fsp3) is 0.263. The van der Waals surface area contributed by atoms with Crippen LogP contribution in [0, 0.1) is 0 Å². The van der Waals surface area contributed by atoms with E-state index >= 15 is 0 Å². The minimum atomic E-state index is -0.428. The Kier molecular flexibility index (Phi) is 6.74. The van der Waals surface area contributed by atoms with E-state index in [4.69, 9.17) is 4.74 Å². The average molecular weight is 324 g/mol. The Morgan fingerprint density at radius 2 is 1.71 bits per heavy atom. The standard InChI is InChI=1S/C19H20N2O3/c1-2-3-12-24-19(23)21-18-10-6-16(7-11-18)13-15-4-8-17(9-5-15)20-14-22/h4-11H,2-3,12-13H2,1H3,(H,21,23). The first-order chi connectivity index (χ1) is 11.7. The van der Waals surface area contributed by atoms with E-state index in [0.29, 0.717) is 18.0 Å². The summed E-state index contributed by atoms with van der Waals surface area (Å²) in [6.07, 6.45) is 3.70. The molecule has 2 aromatic rings. The predicted octanol–water partition coefficient (Wildman–Crippen LogP) is 4.59. The molecular formula is C19H20N2O3. The number of rotatable bonds is 7. The van der Waals surface area contributed by atoms with Crippen molar-refractivity contribution < 1.29 is 14.3 Å². The van der Waals surface area contributed by atoms with Gasteiger partial charge in [-0.2, -0.15) is 4.99 Å². The van der Waals surface area contributed by atoms with Gasteiger partial charge in [0.05, 0.1) is 12.3 Å². The van der Waals surface area contributed by atoms with Crippen molar-refractivity contribution in [3.8, 4) is 0 Å². The van der Waals surface area contributed by atoms with E-state index in [9.17, 15) is 9.59 Å². The molecule has 0 saturated heterocycles. The van der Waals surface area contributed by atoms with Crippen LogP contribution in [0.4, 0.5) is 16.2 Å². The summed E-state index contributed by atoms with van der Waals surface area (Å²) in [5, 5.41) is 2.70. The molecular weight excluding hydrogens is 304 g/mol. The molecule has 0 radical (unpaired) electrons. The van der Waals surface area contributed by atoms with Crippen LogP contribution >= 0.6 is 0 Å². The molecule has 0 aliphatic rings. The van der Waals surface area contributed by atoms with Gasteiger partial charge in [0, 0.05) is 5.69 Å². The third-order valence-electron chi connectivity index (χ3n) is 3.45. The highest BCUT2D eigenvalue weighted by Crippen LogP contribution is 2.17. The van der Waals surface area contributed by atoms with Crippen molar-refractivity contribution in [1.29, 1.82) is 0 Å². The molecule has 24 heavy (non-hydrogen) atoms. The fourth-order valence-electron chi connectivity index (χ4n) is 2.15. The molecule has 0 aliphatic carbocycles. The molecule has 5 nitrogen and oxygen atoms in total. The number of carbonyl (C=O) groups excluding carboxylic acids is 2. The van der Waals surface area contributed by atoms with Crippen molar-refractivity contribution in [2.24, 2.45) is 4.99 Å². The Hall–Kier alpha value is -2.91. The topological polar surface area (TPSA) is 67.8 Å². The molecule has 0 bridgehead atoms. The second kappa shape index (κ2) is 9.28. The Labute approximate surface area is 141 Å². The summed E-state index contributed by atoms with van der Waals surface area (Å²) < 4.78 is 5.06. The molecule has 1 N–H and O–H groups in total. The van der Waals surface area contributed by atoms with E-state index in [2.05, 4.69) is 10.3 Å². The van der Waals surface area contributed by atoms with Gasteiger partial charge in [0.2, 0.25) is 6.08 Å². The van der Waals surface area contributed by atoms with Gasteiger partial charge < -0.3 is 4.74 Å². The third-order valence-corrected chi connectivity index (χ3v) is 3.45. The Morgan fingerprint density at radius 3 is 2.29 bits per heavy atom. The smallest absolute Gasteiger partial charge is 0.411 e. The SMILES string of the molecule is CCCCOC(=O)Nc1ccc(Cc2ccc(N=C=O)cc2)cc1. The lowest BCUT2D eigenvalue weighted by Crippen LogP contribution is -2.14. The quantitative estimate of drug-likeness (QED) is 0.460. The summed E-state index contributed by atoms with van der Waals surface area (Å²) in [5.41, 5.74) is 3.52. The second-order valence-electron chi connectivity index (χ2n) is 5.36. The molecule has 0 heterocycles. The van der Waals surface area contributed by atoms with E-state index in [1.807, 2.05) is 43.3 Å². The molecule has 0 fully saturated rings. The maximum Gasteiger partial charge on any atom is 0.411 e. The lowest BCUT2D eigenvalue weighted by Gasteiger charge is -2.08. The fourth-order valence-corrected chi connectivity index (χ4v) is 2.15. The summed E-state index contributed by atoms with van der Waals surface area (Å²) in [4.78, 5) is 25.3. The first-order valence-electron chi connectivity index (χ1n) is 7.91. The highest BCUT2D eigenvalue weighted by atomic mass is 16.5. The molecule has 0 aromatic heterocycles. The number of benzene rings is 2. The van der Waals surface area contributed by atoms with Gasteiger partial charge in [0.15, 0.2) is 0 Å². The number of aliphatic imine (C=N–C) groups is 1. The van der Waals surface area contributed by atoms with Crippen molar-refractivity contribution in [2.75, 3.05) is 11.9 Å². The number of isocyanates is 1. The number of carbonyl (C=O) groups is 1. The largest absolute Gasteiger partial charge is 0.449 e. The molecule has 0 saturated carbocycles. The van der Waals surface area contributed by atoms with Crippen LogP contribution in [0.2, 0.25) is 0 Å². The maximum atomic E-state index is 11.6. The Bertz CT molecular complexity index is 702. The lowest BCUT2D eigenvalue weighted by molar-refractivity contribution is 0.160. The highest BCUT2D eigenvalue weighted by Gasteiger charge is 2.03. The number of nitrogens with zero attached hydrogens (tertiary/aromatic N) is 1. The second-order valence-corrected chi connectivity index (χ2v) is 5.36. The molecule has 1 amide bonds. The molecule has 0 aliphatic heterocycles. The highest BCUT2D eigenvalue weighted by molar-refractivity contribution is 5.84. The van der Waals surface area contributed by atoms with Gasteiger partial charge in [0.25, 0.3) is 0 Å². The van der Waals surface area contributed by atoms with Crippen LogP contribution in [0.3, 0.4) is 0 Å². The van der Waals surface area contributed by atoms with Gasteiger partial charge >= 0.3 is 6.09 Å². The van der Waals surface area contributed by atoms with Gasteiger partial charge in [-0.05, 0) is 48.2 Å². The summed E-state index contributed by atoms with van der Waals surface area (Å²) in [7, 11) is 0. The third kappa shape index (κ3) is 5.71. The number of nitrogens with one attached hydrogen (secondary N) is 1. The van der Waals surface area contributed by atoms with Crippen LogP contribution in [-0.2, 0) is 16.0 Å². The summed E-state index contributed by atoms with van der Waals surface area (Å²) in [5.74, 6) is 0. The number of ether oxygens (including phenoxy) is 1. The van der Waals surface area contributed by atoms with Crippen LogP contribution in [0.15, 0.2) is 53.5 Å². The number of amides is 1. The molecule has 124 valence electrons. The van der Waals surface area contributed by atoms with E-state index in [0.717, 1.165) is 30.4 Å². The molecule has 2 rings (SSSR count). The van der Waals surface area contributed by atoms with Crippen molar-refractivity contribution in [2.45, 2.75) is 26.2 Å². The minimum Gasteiger partial charge on any atom is -0.449 e. The van der Waals surface area contributed by atoms with Gasteiger partial charge in [-0.15, -0.1) is 0 Å². The van der Waals surface area contributed by atoms with E-state index in [1.165, 1.54) is 6.08 Å². The molecule has 5 heteroatoms. The van der Waals surface area contributed by atoms with E-state index in [1.54, 1.807) is 12.1 Å². The predicted molar refractivity (Wildman–Crippen MR) is 93.4 cm³/mol. The first kappa shape index (κ1) is 17.4. The zero-order chi connectivity index (χ0) is 17.2. The van der Waals surface area contributed by atoms with Crippen molar-refractivity contribution >= 4 is 23.5 Å². The Morgan fingerprint density at radius 1 is 1.08 bits per heavy atom. The lowest BCUT2D eigenvalue weighted by atomic mass is 10.0. The number of unbranched alkanes of at least 4 members (excludes halogenated alkanes) is 1. The van der Waals surface area contributed by atoms with Gasteiger partial charge in [-0.1, -0.05) is 37.6 Å². The number of hydrogen-bond acceptors (Lipinski definition) is 4. The minimum absolute atomic E-state index is 0.428. The summed E-state index contributed by atoms with van der Waals surface area (Å²) in [6, 6.07) is 15.0. The van der Waals surface area contributed by atoms with Gasteiger partial charge in [-0.25, -0.2) is 9.59 Å². The first-order valence-corrected chi connectivity index (χ1v) is 7.91. The van der Waals surface area contributed by atoms with E-state index in [-0.39, 0.29) is 0 Å². The van der Waals surface area contributed by atoms with Crippen LogP contribution in [0.25, 0.3) is 0 Å². The number of anilines is 1. The zero-order valence-electron chi connectivity index (χ0n) is 13.6. The van der Waals surface area contributed by atoms with Gasteiger partial charge in [-0.3, -0.25) is 5.32 Å². The van der Waals surface area contributed by atoms with Crippen molar-refractivity contribution in [1.82, 2.24) is 0 Å².